The fourth-order valence-electron chi connectivity index (χ4n) is 3.38. The van der Waals surface area contributed by atoms with Crippen LogP contribution in [0, 0.1) is 5.41 Å². The van der Waals surface area contributed by atoms with Gasteiger partial charge >= 0.3 is 0 Å². The first-order chi connectivity index (χ1) is 7.61. The van der Waals surface area contributed by atoms with Gasteiger partial charge in [0.05, 0.1) is 0 Å². The zero-order chi connectivity index (χ0) is 11.6. The Morgan fingerprint density at radius 2 is 1.81 bits per heavy atom. The highest BCUT2D eigenvalue weighted by Crippen LogP contribution is 2.31. The second kappa shape index (κ2) is 5.05. The predicted molar refractivity (Wildman–Crippen MR) is 69.7 cm³/mol. The molecule has 0 N–H and O–H groups in total. The lowest BCUT2D eigenvalue weighted by molar-refractivity contribution is 0.0451. The van der Waals surface area contributed by atoms with Gasteiger partial charge < -0.3 is 4.90 Å². The first kappa shape index (κ1) is 12.4. The number of rotatable bonds is 2. The van der Waals surface area contributed by atoms with E-state index < -0.39 is 0 Å². The molecule has 0 radical (unpaired) electrons. The Morgan fingerprint density at radius 3 is 2.38 bits per heavy atom. The van der Waals surface area contributed by atoms with Crippen LogP contribution >= 0.6 is 0 Å². The normalized spacial score (nSPS) is 29.4. The molecule has 0 aromatic rings. The predicted octanol–water partition coefficient (Wildman–Crippen LogP) is 2.59. The van der Waals surface area contributed by atoms with Crippen molar-refractivity contribution in [1.82, 2.24) is 9.80 Å². The van der Waals surface area contributed by atoms with Crippen molar-refractivity contribution in [3.63, 3.8) is 0 Å². The van der Waals surface area contributed by atoms with Crippen LogP contribution in [0.25, 0.3) is 0 Å². The molecule has 2 aliphatic heterocycles. The summed E-state index contributed by atoms with van der Waals surface area (Å²) in [6.07, 6.45) is 5.60. The van der Waals surface area contributed by atoms with Crippen molar-refractivity contribution >= 4 is 0 Å². The van der Waals surface area contributed by atoms with Gasteiger partial charge in [-0.05, 0) is 57.3 Å². The molecular formula is C14H28N2. The second-order valence-electron chi connectivity index (χ2n) is 6.40. The molecule has 0 saturated carbocycles. The van der Waals surface area contributed by atoms with Crippen LogP contribution in [-0.2, 0) is 0 Å². The van der Waals surface area contributed by atoms with Crippen LogP contribution in [-0.4, -0.2) is 48.6 Å². The maximum Gasteiger partial charge on any atom is 0.0120 e. The highest BCUT2D eigenvalue weighted by atomic mass is 15.2. The second-order valence-corrected chi connectivity index (χ2v) is 6.40. The molecular weight excluding hydrogens is 196 g/mol. The van der Waals surface area contributed by atoms with Crippen molar-refractivity contribution in [2.24, 2.45) is 5.41 Å². The smallest absolute Gasteiger partial charge is 0.0120 e. The monoisotopic (exact) mass is 224 g/mol. The van der Waals surface area contributed by atoms with Gasteiger partial charge in [-0.15, -0.1) is 0 Å². The summed E-state index contributed by atoms with van der Waals surface area (Å²) in [6, 6.07) is 0.877. The molecule has 2 saturated heterocycles. The molecule has 0 aromatic heterocycles. The Hall–Kier alpha value is -0.0800. The van der Waals surface area contributed by atoms with Gasteiger partial charge in [-0.2, -0.15) is 0 Å². The minimum Gasteiger partial charge on any atom is -0.303 e. The summed E-state index contributed by atoms with van der Waals surface area (Å²) in [5.41, 5.74) is 0.556. The van der Waals surface area contributed by atoms with Gasteiger partial charge in [0.2, 0.25) is 0 Å². The Kier molecular flexibility index (Phi) is 3.91. The standard InChI is InChI=1S/C14H28N2/c1-4-15-10-6-13(7-11-15)16-9-5-8-14(2,3)12-16/h13H,4-12H2,1-3H3. The molecule has 0 atom stereocenters. The highest BCUT2D eigenvalue weighted by molar-refractivity contribution is 4.86. The van der Waals surface area contributed by atoms with Crippen LogP contribution in [0.15, 0.2) is 0 Å². The Labute approximate surface area is 101 Å². The maximum atomic E-state index is 2.77. The van der Waals surface area contributed by atoms with E-state index in [1.165, 1.54) is 58.4 Å². The molecule has 0 spiro atoms. The van der Waals surface area contributed by atoms with Gasteiger partial charge in [0.1, 0.15) is 0 Å². The first-order valence-electron chi connectivity index (χ1n) is 7.07. The Bertz CT molecular complexity index is 217. The summed E-state index contributed by atoms with van der Waals surface area (Å²) in [6.45, 7) is 13.7. The molecule has 2 nitrogen and oxygen atoms in total. The lowest BCUT2D eigenvalue weighted by atomic mass is 9.83. The molecule has 0 aliphatic carbocycles. The van der Waals surface area contributed by atoms with Gasteiger partial charge in [-0.3, -0.25) is 4.90 Å². The van der Waals surface area contributed by atoms with E-state index >= 15 is 0 Å². The number of hydrogen-bond acceptors (Lipinski definition) is 2. The quantitative estimate of drug-likeness (QED) is 0.711. The van der Waals surface area contributed by atoms with Crippen molar-refractivity contribution in [2.45, 2.75) is 52.5 Å². The fourth-order valence-corrected chi connectivity index (χ4v) is 3.38. The highest BCUT2D eigenvalue weighted by Gasteiger charge is 2.31. The van der Waals surface area contributed by atoms with Crippen LogP contribution < -0.4 is 0 Å². The van der Waals surface area contributed by atoms with E-state index in [9.17, 15) is 0 Å². The van der Waals surface area contributed by atoms with Gasteiger partial charge in [0, 0.05) is 12.6 Å². The topological polar surface area (TPSA) is 6.48 Å². The summed E-state index contributed by atoms with van der Waals surface area (Å²) in [7, 11) is 0. The van der Waals surface area contributed by atoms with Gasteiger partial charge in [0.15, 0.2) is 0 Å². The summed E-state index contributed by atoms with van der Waals surface area (Å²) in [5, 5.41) is 0. The molecule has 0 amide bonds. The van der Waals surface area contributed by atoms with Gasteiger partial charge in [-0.1, -0.05) is 20.8 Å². The number of nitrogens with zero attached hydrogens (tertiary/aromatic N) is 2. The molecule has 0 aromatic carbocycles. The SMILES string of the molecule is CCN1CCC(N2CCCC(C)(C)C2)CC1. The van der Waals surface area contributed by atoms with Crippen molar-refractivity contribution in [3.8, 4) is 0 Å². The fraction of sp³-hybridized carbons (Fsp3) is 1.00. The molecule has 2 heteroatoms. The lowest BCUT2D eigenvalue weighted by Gasteiger charge is -2.45. The molecule has 2 aliphatic rings. The third-order valence-electron chi connectivity index (χ3n) is 4.45. The Morgan fingerprint density at radius 1 is 1.12 bits per heavy atom. The number of piperidine rings is 2. The Balaban J connectivity index is 1.84. The minimum absolute atomic E-state index is 0.556. The van der Waals surface area contributed by atoms with Crippen LogP contribution in [0.2, 0.25) is 0 Å². The van der Waals surface area contributed by atoms with E-state index in [2.05, 4.69) is 30.6 Å². The zero-order valence-electron chi connectivity index (χ0n) is 11.3. The lowest BCUT2D eigenvalue weighted by Crippen LogP contribution is -2.50. The van der Waals surface area contributed by atoms with E-state index in [1.54, 1.807) is 0 Å². The van der Waals surface area contributed by atoms with Crippen LogP contribution in [0.3, 0.4) is 0 Å². The summed E-state index contributed by atoms with van der Waals surface area (Å²) < 4.78 is 0. The summed E-state index contributed by atoms with van der Waals surface area (Å²) >= 11 is 0. The molecule has 16 heavy (non-hydrogen) atoms. The van der Waals surface area contributed by atoms with E-state index in [1.807, 2.05) is 0 Å². The van der Waals surface area contributed by atoms with Gasteiger partial charge in [-0.25, -0.2) is 0 Å². The summed E-state index contributed by atoms with van der Waals surface area (Å²) in [5.74, 6) is 0. The summed E-state index contributed by atoms with van der Waals surface area (Å²) in [4.78, 5) is 5.36. The first-order valence-corrected chi connectivity index (χ1v) is 7.07. The van der Waals surface area contributed by atoms with Gasteiger partial charge in [0.25, 0.3) is 0 Å². The average Bonchev–Trinajstić information content (AvgIpc) is 2.28. The molecule has 0 bridgehead atoms. The van der Waals surface area contributed by atoms with Crippen molar-refractivity contribution in [3.05, 3.63) is 0 Å². The molecule has 2 heterocycles. The van der Waals surface area contributed by atoms with Crippen LogP contribution in [0.4, 0.5) is 0 Å². The van der Waals surface area contributed by atoms with Crippen LogP contribution in [0.1, 0.15) is 46.5 Å². The zero-order valence-corrected chi connectivity index (χ0v) is 11.3. The van der Waals surface area contributed by atoms with Crippen molar-refractivity contribution in [1.29, 1.82) is 0 Å². The average molecular weight is 224 g/mol. The minimum atomic E-state index is 0.556. The van der Waals surface area contributed by atoms with E-state index in [4.69, 9.17) is 0 Å². The molecule has 2 fully saturated rings. The molecule has 2 rings (SSSR count). The number of hydrogen-bond donors (Lipinski definition) is 0. The maximum absolute atomic E-state index is 2.77. The van der Waals surface area contributed by atoms with Crippen molar-refractivity contribution < 1.29 is 0 Å². The van der Waals surface area contributed by atoms with E-state index in [-0.39, 0.29) is 0 Å². The van der Waals surface area contributed by atoms with Crippen LogP contribution in [0.5, 0.6) is 0 Å². The van der Waals surface area contributed by atoms with E-state index in [0.717, 1.165) is 6.04 Å². The van der Waals surface area contributed by atoms with Crippen molar-refractivity contribution in [2.75, 3.05) is 32.7 Å². The van der Waals surface area contributed by atoms with E-state index in [0.29, 0.717) is 5.41 Å². The molecule has 0 unspecified atom stereocenters. The third kappa shape index (κ3) is 2.98. The largest absolute Gasteiger partial charge is 0.303 e. The third-order valence-corrected chi connectivity index (χ3v) is 4.45. The number of likely N-dealkylation sites (tertiary alicyclic amines) is 2. The molecule has 94 valence electrons.